The van der Waals surface area contributed by atoms with Crippen LogP contribution in [-0.4, -0.2) is 46.2 Å². The van der Waals surface area contributed by atoms with Gasteiger partial charge in [0.25, 0.3) is 0 Å². The molecule has 0 spiro atoms. The molecule has 1 aliphatic heterocycles. The SMILES string of the molecule is CCN1CC(=O)N(Cc2ccc(C(N)=S)cc2)CC1=O. The van der Waals surface area contributed by atoms with Crippen molar-refractivity contribution in [3.05, 3.63) is 35.4 Å². The molecule has 20 heavy (non-hydrogen) atoms. The smallest absolute Gasteiger partial charge is 0.242 e. The number of thiocarbonyl (C=S) groups is 1. The summed E-state index contributed by atoms with van der Waals surface area (Å²) >= 11 is 4.89. The summed E-state index contributed by atoms with van der Waals surface area (Å²) in [7, 11) is 0. The van der Waals surface area contributed by atoms with E-state index in [1.807, 2.05) is 31.2 Å². The Morgan fingerprint density at radius 3 is 2.25 bits per heavy atom. The molecule has 0 saturated carbocycles. The Labute approximate surface area is 123 Å². The van der Waals surface area contributed by atoms with Gasteiger partial charge in [0, 0.05) is 18.7 Å². The van der Waals surface area contributed by atoms with Crippen molar-refractivity contribution < 1.29 is 9.59 Å². The molecule has 0 unspecified atom stereocenters. The number of benzene rings is 1. The largest absolute Gasteiger partial charge is 0.389 e. The molecule has 0 aromatic heterocycles. The highest BCUT2D eigenvalue weighted by atomic mass is 32.1. The molecule has 1 heterocycles. The third kappa shape index (κ3) is 3.14. The number of hydrogen-bond acceptors (Lipinski definition) is 3. The maximum atomic E-state index is 12.0. The monoisotopic (exact) mass is 291 g/mol. The van der Waals surface area contributed by atoms with Crippen molar-refractivity contribution in [2.45, 2.75) is 13.5 Å². The number of carbonyl (C=O) groups excluding carboxylic acids is 2. The average molecular weight is 291 g/mol. The lowest BCUT2D eigenvalue weighted by Gasteiger charge is -2.33. The minimum atomic E-state index is -0.0233. The molecule has 1 aromatic carbocycles. The van der Waals surface area contributed by atoms with Crippen LogP contribution in [-0.2, 0) is 16.1 Å². The van der Waals surface area contributed by atoms with E-state index in [1.165, 1.54) is 0 Å². The fourth-order valence-electron chi connectivity index (χ4n) is 2.13. The van der Waals surface area contributed by atoms with Crippen molar-refractivity contribution in [3.8, 4) is 0 Å². The van der Waals surface area contributed by atoms with E-state index >= 15 is 0 Å². The molecule has 1 saturated heterocycles. The summed E-state index contributed by atoms with van der Waals surface area (Å²) in [6.45, 7) is 3.18. The first kappa shape index (κ1) is 14.5. The summed E-state index contributed by atoms with van der Waals surface area (Å²) in [5.74, 6) is -0.0308. The van der Waals surface area contributed by atoms with E-state index in [4.69, 9.17) is 18.0 Å². The van der Waals surface area contributed by atoms with E-state index < -0.39 is 0 Å². The van der Waals surface area contributed by atoms with Crippen LogP contribution in [0, 0.1) is 0 Å². The molecule has 106 valence electrons. The number of amides is 2. The van der Waals surface area contributed by atoms with Crippen LogP contribution in [0.4, 0.5) is 0 Å². The predicted molar refractivity (Wildman–Crippen MR) is 80.0 cm³/mol. The molecule has 5 nitrogen and oxygen atoms in total. The second-order valence-corrected chi connectivity index (χ2v) is 5.16. The van der Waals surface area contributed by atoms with Gasteiger partial charge in [0.05, 0.1) is 6.54 Å². The van der Waals surface area contributed by atoms with E-state index in [2.05, 4.69) is 0 Å². The highest BCUT2D eigenvalue weighted by Crippen LogP contribution is 2.11. The van der Waals surface area contributed by atoms with Crippen molar-refractivity contribution in [1.29, 1.82) is 0 Å². The standard InChI is InChI=1S/C14H17N3O2S/c1-2-16-8-13(19)17(9-12(16)18)7-10-3-5-11(6-4-10)14(15)20/h3-6H,2,7-9H2,1H3,(H2,15,20). The number of nitrogens with zero attached hydrogens (tertiary/aromatic N) is 2. The van der Waals surface area contributed by atoms with Crippen LogP contribution in [0.15, 0.2) is 24.3 Å². The minimum absolute atomic E-state index is 0.00754. The summed E-state index contributed by atoms with van der Waals surface area (Å²) in [6, 6.07) is 7.40. The van der Waals surface area contributed by atoms with Crippen LogP contribution >= 0.6 is 12.2 Å². The number of rotatable bonds is 4. The normalized spacial score (nSPS) is 15.7. The van der Waals surface area contributed by atoms with Gasteiger partial charge in [-0.3, -0.25) is 9.59 Å². The summed E-state index contributed by atoms with van der Waals surface area (Å²) in [5.41, 5.74) is 7.28. The van der Waals surface area contributed by atoms with Gasteiger partial charge in [-0.25, -0.2) is 0 Å². The zero-order chi connectivity index (χ0) is 14.7. The minimum Gasteiger partial charge on any atom is -0.389 e. The Bertz CT molecular complexity index is 542. The zero-order valence-electron chi connectivity index (χ0n) is 11.3. The Morgan fingerprint density at radius 2 is 1.70 bits per heavy atom. The van der Waals surface area contributed by atoms with Crippen molar-refractivity contribution in [1.82, 2.24) is 9.80 Å². The highest BCUT2D eigenvalue weighted by molar-refractivity contribution is 7.80. The van der Waals surface area contributed by atoms with Crippen molar-refractivity contribution in [2.24, 2.45) is 5.73 Å². The van der Waals surface area contributed by atoms with E-state index in [-0.39, 0.29) is 24.9 Å². The summed E-state index contributed by atoms with van der Waals surface area (Å²) < 4.78 is 0. The van der Waals surface area contributed by atoms with Crippen molar-refractivity contribution in [3.63, 3.8) is 0 Å². The maximum absolute atomic E-state index is 12.0. The van der Waals surface area contributed by atoms with Gasteiger partial charge in [-0.2, -0.15) is 0 Å². The molecule has 0 bridgehead atoms. The molecule has 0 radical (unpaired) electrons. The molecule has 0 atom stereocenters. The van der Waals surface area contributed by atoms with Crippen LogP contribution in [0.3, 0.4) is 0 Å². The molecule has 1 fully saturated rings. The van der Waals surface area contributed by atoms with Gasteiger partial charge in [0.15, 0.2) is 0 Å². The Balaban J connectivity index is 2.04. The fourth-order valence-corrected chi connectivity index (χ4v) is 2.27. The molecule has 1 aromatic rings. The van der Waals surface area contributed by atoms with Crippen LogP contribution < -0.4 is 5.73 Å². The van der Waals surface area contributed by atoms with Crippen molar-refractivity contribution in [2.75, 3.05) is 19.6 Å². The van der Waals surface area contributed by atoms with Crippen LogP contribution in [0.25, 0.3) is 0 Å². The zero-order valence-corrected chi connectivity index (χ0v) is 12.2. The Kier molecular flexibility index (Phi) is 4.34. The molecule has 2 rings (SSSR count). The first-order valence-corrected chi connectivity index (χ1v) is 6.86. The summed E-state index contributed by atoms with van der Waals surface area (Å²) in [4.78, 5) is 27.3. The second kappa shape index (κ2) is 6.00. The number of carbonyl (C=O) groups is 2. The van der Waals surface area contributed by atoms with Gasteiger partial charge in [0.2, 0.25) is 11.8 Å². The van der Waals surface area contributed by atoms with Gasteiger partial charge in [-0.15, -0.1) is 0 Å². The lowest BCUT2D eigenvalue weighted by molar-refractivity contribution is -0.150. The van der Waals surface area contributed by atoms with E-state index in [1.54, 1.807) is 9.80 Å². The van der Waals surface area contributed by atoms with Gasteiger partial charge < -0.3 is 15.5 Å². The van der Waals surface area contributed by atoms with Gasteiger partial charge >= 0.3 is 0 Å². The third-order valence-electron chi connectivity index (χ3n) is 3.35. The third-order valence-corrected chi connectivity index (χ3v) is 3.59. The summed E-state index contributed by atoms with van der Waals surface area (Å²) in [6.07, 6.45) is 0. The van der Waals surface area contributed by atoms with Crippen molar-refractivity contribution >= 4 is 29.0 Å². The maximum Gasteiger partial charge on any atom is 0.242 e. The second-order valence-electron chi connectivity index (χ2n) is 4.72. The first-order valence-electron chi connectivity index (χ1n) is 6.45. The average Bonchev–Trinajstić information content (AvgIpc) is 2.43. The van der Waals surface area contributed by atoms with Crippen LogP contribution in [0.5, 0.6) is 0 Å². The fraction of sp³-hybridized carbons (Fsp3) is 0.357. The van der Waals surface area contributed by atoms with Crippen LogP contribution in [0.2, 0.25) is 0 Å². The number of piperazine rings is 1. The molecule has 2 amide bonds. The van der Waals surface area contributed by atoms with Gasteiger partial charge in [-0.05, 0) is 12.5 Å². The topological polar surface area (TPSA) is 66.6 Å². The molecular weight excluding hydrogens is 274 g/mol. The lowest BCUT2D eigenvalue weighted by Crippen LogP contribution is -2.53. The van der Waals surface area contributed by atoms with E-state index in [0.29, 0.717) is 18.1 Å². The lowest BCUT2D eigenvalue weighted by atomic mass is 10.1. The molecule has 1 aliphatic rings. The van der Waals surface area contributed by atoms with E-state index in [9.17, 15) is 9.59 Å². The molecule has 2 N–H and O–H groups in total. The van der Waals surface area contributed by atoms with Gasteiger partial charge in [-0.1, -0.05) is 36.5 Å². The highest BCUT2D eigenvalue weighted by Gasteiger charge is 2.28. The number of nitrogens with two attached hydrogens (primary N) is 1. The van der Waals surface area contributed by atoms with Gasteiger partial charge in [0.1, 0.15) is 11.5 Å². The first-order chi connectivity index (χ1) is 9.51. The Hall–Kier alpha value is -1.95. The predicted octanol–water partition coefficient (Wildman–Crippen LogP) is 0.511. The molecule has 6 heteroatoms. The Morgan fingerprint density at radius 1 is 1.15 bits per heavy atom. The quantitative estimate of drug-likeness (QED) is 0.821. The number of hydrogen-bond donors (Lipinski definition) is 1. The summed E-state index contributed by atoms with van der Waals surface area (Å²) in [5, 5.41) is 0. The molecule has 0 aliphatic carbocycles. The van der Waals surface area contributed by atoms with E-state index in [0.717, 1.165) is 11.1 Å². The van der Waals surface area contributed by atoms with Crippen LogP contribution in [0.1, 0.15) is 18.1 Å². The molecular formula is C14H17N3O2S. The number of likely N-dealkylation sites (N-methyl/N-ethyl adjacent to an activating group) is 1.